The zero-order valence-electron chi connectivity index (χ0n) is 11.5. The fraction of sp³-hybridized carbons (Fsp3) is 0.643. The van der Waals surface area contributed by atoms with E-state index < -0.39 is 5.91 Å². The van der Waals surface area contributed by atoms with Crippen LogP contribution in [0.3, 0.4) is 0 Å². The number of carbonyl (C=O) groups excluding carboxylic acids is 1. The molecule has 1 aliphatic carbocycles. The van der Waals surface area contributed by atoms with Crippen molar-refractivity contribution in [2.24, 2.45) is 5.73 Å². The molecule has 0 aromatic carbocycles. The lowest BCUT2D eigenvalue weighted by Gasteiger charge is -2.23. The summed E-state index contributed by atoms with van der Waals surface area (Å²) in [6.07, 6.45) is 6.02. The van der Waals surface area contributed by atoms with Gasteiger partial charge in [-0.25, -0.2) is 0 Å². The fourth-order valence-corrected chi connectivity index (χ4v) is 3.79. The molecule has 5 nitrogen and oxygen atoms in total. The number of nitrogen functional groups attached to an aromatic ring is 1. The topological polar surface area (TPSA) is 90.4 Å². The molecule has 2 fully saturated rings. The first-order valence-electron chi connectivity index (χ1n) is 7.24. The third-order valence-electron chi connectivity index (χ3n) is 3.96. The number of nitrogens with one attached hydrogen (secondary N) is 1. The van der Waals surface area contributed by atoms with Crippen LogP contribution in [0.2, 0.25) is 0 Å². The van der Waals surface area contributed by atoms with Gasteiger partial charge < -0.3 is 21.5 Å². The molecule has 1 unspecified atom stereocenters. The Bertz CT molecular complexity index is 505. The van der Waals surface area contributed by atoms with Crippen LogP contribution in [0.5, 0.6) is 0 Å². The van der Waals surface area contributed by atoms with Crippen molar-refractivity contribution in [2.45, 2.75) is 44.1 Å². The number of carbonyl (C=O) groups is 1. The third kappa shape index (κ3) is 2.76. The lowest BCUT2D eigenvalue weighted by atomic mass is 10.1. The molecular weight excluding hydrogens is 274 g/mol. The van der Waals surface area contributed by atoms with Gasteiger partial charge in [-0.2, -0.15) is 0 Å². The van der Waals surface area contributed by atoms with Gasteiger partial charge >= 0.3 is 0 Å². The Labute approximate surface area is 122 Å². The SMILES string of the molecule is NC(=O)c1sc(NCC2CCCCO2)c(C2CC2)c1N. The molecule has 20 heavy (non-hydrogen) atoms. The largest absolute Gasteiger partial charge is 0.397 e. The molecule has 1 saturated heterocycles. The number of anilines is 2. The van der Waals surface area contributed by atoms with Crippen LogP contribution in [0.15, 0.2) is 0 Å². The summed E-state index contributed by atoms with van der Waals surface area (Å²) in [4.78, 5) is 11.9. The van der Waals surface area contributed by atoms with E-state index in [9.17, 15) is 4.79 Å². The summed E-state index contributed by atoms with van der Waals surface area (Å²) in [7, 11) is 0. The number of amides is 1. The zero-order valence-corrected chi connectivity index (χ0v) is 12.3. The molecule has 2 aliphatic rings. The molecule has 0 bridgehead atoms. The van der Waals surface area contributed by atoms with Crippen LogP contribution < -0.4 is 16.8 Å². The second-order valence-corrected chi connectivity index (χ2v) is 6.62. The van der Waals surface area contributed by atoms with Gasteiger partial charge in [0.15, 0.2) is 0 Å². The van der Waals surface area contributed by atoms with Gasteiger partial charge in [-0.05, 0) is 38.0 Å². The second kappa shape index (κ2) is 5.61. The summed E-state index contributed by atoms with van der Waals surface area (Å²) >= 11 is 1.38. The van der Waals surface area contributed by atoms with Gasteiger partial charge in [0, 0.05) is 18.7 Å². The summed E-state index contributed by atoms with van der Waals surface area (Å²) in [5.74, 6) is 0.0606. The van der Waals surface area contributed by atoms with Crippen LogP contribution in [0.25, 0.3) is 0 Å². The Hall–Kier alpha value is -1.27. The Balaban J connectivity index is 1.74. The first kappa shape index (κ1) is 13.7. The van der Waals surface area contributed by atoms with Gasteiger partial charge in [-0.1, -0.05) is 0 Å². The highest BCUT2D eigenvalue weighted by Gasteiger charge is 2.32. The number of hydrogen-bond donors (Lipinski definition) is 3. The van der Waals surface area contributed by atoms with E-state index in [1.165, 1.54) is 17.8 Å². The van der Waals surface area contributed by atoms with Crippen molar-refractivity contribution in [1.29, 1.82) is 0 Å². The van der Waals surface area contributed by atoms with Crippen LogP contribution in [0, 0.1) is 0 Å². The van der Waals surface area contributed by atoms with E-state index in [2.05, 4.69) is 5.32 Å². The standard InChI is InChI=1S/C14H21N3O2S/c15-11-10(8-4-5-8)14(20-12(11)13(16)18)17-7-9-3-1-2-6-19-9/h8-9,17H,1-7,15H2,(H2,16,18). The second-order valence-electron chi connectivity index (χ2n) is 5.60. The highest BCUT2D eigenvalue weighted by atomic mass is 32.1. The first-order valence-corrected chi connectivity index (χ1v) is 8.06. The minimum absolute atomic E-state index is 0.260. The van der Waals surface area contributed by atoms with E-state index in [0.29, 0.717) is 16.5 Å². The molecule has 110 valence electrons. The Morgan fingerprint density at radius 3 is 2.75 bits per heavy atom. The number of hydrogen-bond acceptors (Lipinski definition) is 5. The molecule has 5 N–H and O–H groups in total. The van der Waals surface area contributed by atoms with Gasteiger partial charge in [-0.3, -0.25) is 4.79 Å². The van der Waals surface area contributed by atoms with Gasteiger partial charge in [0.05, 0.1) is 16.8 Å². The Morgan fingerprint density at radius 2 is 2.15 bits per heavy atom. The molecule has 3 rings (SSSR count). The number of thiophene rings is 1. The predicted molar refractivity (Wildman–Crippen MR) is 81.3 cm³/mol. The molecule has 6 heteroatoms. The number of nitrogens with two attached hydrogens (primary N) is 2. The van der Waals surface area contributed by atoms with Crippen LogP contribution >= 0.6 is 11.3 Å². The maximum Gasteiger partial charge on any atom is 0.260 e. The molecule has 0 radical (unpaired) electrons. The first-order chi connectivity index (χ1) is 9.66. The molecule has 0 spiro atoms. The summed E-state index contributed by atoms with van der Waals surface area (Å²) in [6, 6.07) is 0. The highest BCUT2D eigenvalue weighted by Crippen LogP contribution is 2.50. The average Bonchev–Trinajstić information content (AvgIpc) is 3.21. The van der Waals surface area contributed by atoms with Crippen molar-refractivity contribution in [1.82, 2.24) is 0 Å². The van der Waals surface area contributed by atoms with Crippen LogP contribution in [-0.2, 0) is 4.74 Å². The van der Waals surface area contributed by atoms with Crippen molar-refractivity contribution in [3.8, 4) is 0 Å². The van der Waals surface area contributed by atoms with Gasteiger partial charge in [0.25, 0.3) is 5.91 Å². The molecule has 1 amide bonds. The van der Waals surface area contributed by atoms with Crippen molar-refractivity contribution in [3.05, 3.63) is 10.4 Å². The number of rotatable bonds is 5. The molecule has 1 aromatic rings. The lowest BCUT2D eigenvalue weighted by Crippen LogP contribution is -2.26. The highest BCUT2D eigenvalue weighted by molar-refractivity contribution is 7.18. The van der Waals surface area contributed by atoms with E-state index in [4.69, 9.17) is 16.2 Å². The van der Waals surface area contributed by atoms with Crippen LogP contribution in [0.4, 0.5) is 10.7 Å². The van der Waals surface area contributed by atoms with Crippen molar-refractivity contribution >= 4 is 27.9 Å². The average molecular weight is 295 g/mol. The summed E-state index contributed by atoms with van der Waals surface area (Å²) in [5.41, 5.74) is 13.2. The maximum absolute atomic E-state index is 11.4. The van der Waals surface area contributed by atoms with E-state index in [1.54, 1.807) is 0 Å². The smallest absolute Gasteiger partial charge is 0.260 e. The van der Waals surface area contributed by atoms with Crippen LogP contribution in [-0.4, -0.2) is 25.2 Å². The quantitative estimate of drug-likeness (QED) is 0.777. The molecule has 1 saturated carbocycles. The Morgan fingerprint density at radius 1 is 1.35 bits per heavy atom. The summed E-state index contributed by atoms with van der Waals surface area (Å²) < 4.78 is 5.72. The maximum atomic E-state index is 11.4. The van der Waals surface area contributed by atoms with Crippen molar-refractivity contribution in [3.63, 3.8) is 0 Å². The van der Waals surface area contributed by atoms with Crippen molar-refractivity contribution in [2.75, 3.05) is 24.2 Å². The van der Waals surface area contributed by atoms with E-state index in [-0.39, 0.29) is 6.10 Å². The monoisotopic (exact) mass is 295 g/mol. The molecule has 2 heterocycles. The molecule has 1 atom stereocenters. The van der Waals surface area contributed by atoms with Gasteiger partial charge in [0.1, 0.15) is 4.88 Å². The van der Waals surface area contributed by atoms with Crippen molar-refractivity contribution < 1.29 is 9.53 Å². The summed E-state index contributed by atoms with van der Waals surface area (Å²) in [5, 5.41) is 4.43. The minimum Gasteiger partial charge on any atom is -0.397 e. The summed E-state index contributed by atoms with van der Waals surface area (Å²) in [6.45, 7) is 1.62. The third-order valence-corrected chi connectivity index (χ3v) is 5.15. The predicted octanol–water partition coefficient (Wildman–Crippen LogP) is 2.29. The van der Waals surface area contributed by atoms with Gasteiger partial charge in [-0.15, -0.1) is 11.3 Å². The molecule has 1 aromatic heterocycles. The zero-order chi connectivity index (χ0) is 14.1. The van der Waals surface area contributed by atoms with E-state index >= 15 is 0 Å². The van der Waals surface area contributed by atoms with E-state index in [1.807, 2.05) is 0 Å². The lowest BCUT2D eigenvalue weighted by molar-refractivity contribution is 0.0248. The number of ether oxygens (including phenoxy) is 1. The van der Waals surface area contributed by atoms with Gasteiger partial charge in [0.2, 0.25) is 0 Å². The molecular formula is C14H21N3O2S. The number of primary amides is 1. The normalized spacial score (nSPS) is 22.7. The minimum atomic E-state index is -0.434. The Kier molecular flexibility index (Phi) is 3.85. The van der Waals surface area contributed by atoms with Crippen LogP contribution in [0.1, 0.15) is 53.3 Å². The molecule has 1 aliphatic heterocycles. The van der Waals surface area contributed by atoms with E-state index in [0.717, 1.165) is 49.4 Å². The fourth-order valence-electron chi connectivity index (χ4n) is 2.72.